The third-order valence-electron chi connectivity index (χ3n) is 4.03. The van der Waals surface area contributed by atoms with Gasteiger partial charge < -0.3 is 9.50 Å². The Morgan fingerprint density at radius 3 is 2.23 bits per heavy atom. The molecule has 0 unspecified atom stereocenters. The molecule has 0 fully saturated rings. The van der Waals surface area contributed by atoms with Crippen LogP contribution in [0.5, 0.6) is 5.75 Å². The topological polar surface area (TPSA) is 105 Å². The first-order chi connectivity index (χ1) is 14.9. The van der Waals surface area contributed by atoms with E-state index in [9.17, 15) is 18.0 Å². The Kier molecular flexibility index (Phi) is 7.16. The number of hydrogen-bond donors (Lipinski definition) is 2. The van der Waals surface area contributed by atoms with Gasteiger partial charge in [0.15, 0.2) is 12.0 Å². The van der Waals surface area contributed by atoms with Crippen LogP contribution in [0.15, 0.2) is 83.8 Å². The second kappa shape index (κ2) is 10.0. The highest BCUT2D eigenvalue weighted by Crippen LogP contribution is 2.24. The molecule has 2 N–H and O–H groups in total. The van der Waals surface area contributed by atoms with Gasteiger partial charge in [-0.1, -0.05) is 35.9 Å². The lowest BCUT2D eigenvalue weighted by molar-refractivity contribution is -0.109. The second-order valence-electron chi connectivity index (χ2n) is 6.27. The molecule has 0 aliphatic heterocycles. The molecule has 3 aromatic rings. The molecule has 3 rings (SSSR count). The van der Waals surface area contributed by atoms with Gasteiger partial charge in [-0.15, -0.1) is 0 Å². The van der Waals surface area contributed by atoms with Gasteiger partial charge in [0.2, 0.25) is 6.41 Å². The summed E-state index contributed by atoms with van der Waals surface area (Å²) in [5.74, 6) is 0.537. The number of amides is 2. The smallest absolute Gasteiger partial charge is 0.322 e. The Balaban J connectivity index is 1.71. The van der Waals surface area contributed by atoms with E-state index in [1.54, 1.807) is 36.4 Å². The highest BCUT2D eigenvalue weighted by Gasteiger charge is 2.25. The van der Waals surface area contributed by atoms with Crippen LogP contribution in [0, 0.1) is 6.92 Å². The van der Waals surface area contributed by atoms with Gasteiger partial charge in [-0.05, 0) is 55.5 Å². The molecule has 0 aromatic heterocycles. The summed E-state index contributed by atoms with van der Waals surface area (Å²) < 4.78 is 31.9. The average molecular weight is 458 g/mol. The molecule has 0 bridgehead atoms. The molecule has 0 aliphatic carbocycles. The third-order valence-corrected chi connectivity index (χ3v) is 6.23. The number of aryl methyl sites for hydroxylation is 1. The Labute approximate surface area is 184 Å². The summed E-state index contributed by atoms with van der Waals surface area (Å²) in [5.41, 5.74) is 3.73. The van der Waals surface area contributed by atoms with E-state index in [4.69, 9.17) is 4.18 Å². The molecule has 0 spiro atoms. The summed E-state index contributed by atoms with van der Waals surface area (Å²) in [6, 6.07) is 21.1. The molecular weight excluding hydrogens is 438 g/mol. The lowest BCUT2D eigenvalue weighted by Crippen LogP contribution is -2.42. The minimum Gasteiger partial charge on any atom is -0.416 e. The van der Waals surface area contributed by atoms with Gasteiger partial charge in [-0.25, -0.2) is 0 Å². The quantitative estimate of drug-likeness (QED) is 0.300. The molecule has 0 saturated carbocycles. The fraction of sp³-hybridized carbons (Fsp3) is 0.0476. The molecule has 0 saturated heterocycles. The van der Waals surface area contributed by atoms with E-state index in [1.807, 2.05) is 13.0 Å². The fourth-order valence-electron chi connectivity index (χ4n) is 2.53. The van der Waals surface area contributed by atoms with Crippen LogP contribution in [0.1, 0.15) is 5.56 Å². The number of sulfonamides is 1. The van der Waals surface area contributed by atoms with E-state index < -0.39 is 15.3 Å². The second-order valence-corrected chi connectivity index (χ2v) is 8.76. The van der Waals surface area contributed by atoms with Crippen molar-refractivity contribution in [3.05, 3.63) is 84.4 Å². The van der Waals surface area contributed by atoms with Crippen molar-refractivity contribution in [3.63, 3.8) is 0 Å². The number of para-hydroxylation sites is 1. The van der Waals surface area contributed by atoms with Crippen molar-refractivity contribution in [1.29, 1.82) is 0 Å². The maximum absolute atomic E-state index is 12.9. The van der Waals surface area contributed by atoms with Crippen LogP contribution in [-0.2, 0) is 14.8 Å². The fourth-order valence-corrected chi connectivity index (χ4v) is 4.24. The molecule has 31 heavy (non-hydrogen) atoms. The number of rotatable bonds is 8. The van der Waals surface area contributed by atoms with E-state index >= 15 is 0 Å². The number of carbonyl (C=O) groups is 2. The Bertz CT molecular complexity index is 1140. The largest absolute Gasteiger partial charge is 0.416 e. The van der Waals surface area contributed by atoms with Gasteiger partial charge in [0.25, 0.3) is 10.0 Å². The summed E-state index contributed by atoms with van der Waals surface area (Å²) in [6.07, 6.45) is 0.277. The first-order valence-electron chi connectivity index (χ1n) is 9.02. The predicted octanol–water partition coefficient (Wildman–Crippen LogP) is 4.11. The maximum Gasteiger partial charge on any atom is 0.322 e. The molecule has 0 heterocycles. The van der Waals surface area contributed by atoms with Crippen molar-refractivity contribution >= 4 is 45.1 Å². The van der Waals surface area contributed by atoms with Gasteiger partial charge in [0.05, 0.1) is 10.6 Å². The third kappa shape index (κ3) is 5.77. The van der Waals surface area contributed by atoms with Gasteiger partial charge >= 0.3 is 5.24 Å². The molecule has 0 atom stereocenters. The molecular formula is C21H19N3O5S2. The predicted molar refractivity (Wildman–Crippen MR) is 120 cm³/mol. The van der Waals surface area contributed by atoms with Crippen LogP contribution >= 0.6 is 12.0 Å². The van der Waals surface area contributed by atoms with Gasteiger partial charge in [-0.3, -0.25) is 15.0 Å². The number of hydrogen-bond acceptors (Lipinski definition) is 6. The van der Waals surface area contributed by atoms with Crippen molar-refractivity contribution in [2.45, 2.75) is 11.8 Å². The highest BCUT2D eigenvalue weighted by atomic mass is 32.2. The highest BCUT2D eigenvalue weighted by molar-refractivity contribution is 8.10. The van der Waals surface area contributed by atoms with E-state index in [2.05, 4.69) is 10.7 Å². The summed E-state index contributed by atoms with van der Waals surface area (Å²) in [7, 11) is -4.03. The number of nitrogens with zero attached hydrogens (tertiary/aromatic N) is 1. The minimum atomic E-state index is -4.03. The van der Waals surface area contributed by atoms with Crippen molar-refractivity contribution in [2.75, 3.05) is 9.73 Å². The van der Waals surface area contributed by atoms with Crippen molar-refractivity contribution in [3.8, 4) is 5.75 Å². The van der Waals surface area contributed by atoms with E-state index in [0.29, 0.717) is 23.5 Å². The number of anilines is 2. The Morgan fingerprint density at radius 2 is 1.61 bits per heavy atom. The van der Waals surface area contributed by atoms with Gasteiger partial charge in [-0.2, -0.15) is 12.8 Å². The lowest BCUT2D eigenvalue weighted by atomic mass is 10.2. The standard InChI is InChI=1S/C21H19N3O5S2/c1-16-7-13-20(14-8-16)31(27,28)24(22-15-25)18-11-9-17(10-12-18)23-21(26)30-29-19-5-3-2-4-6-19/h2-15H,1H3,(H,22,25)(H,23,26). The molecule has 0 radical (unpaired) electrons. The zero-order valence-electron chi connectivity index (χ0n) is 16.4. The number of benzene rings is 3. The van der Waals surface area contributed by atoms with Crippen molar-refractivity contribution in [2.24, 2.45) is 0 Å². The summed E-state index contributed by atoms with van der Waals surface area (Å²) in [6.45, 7) is 1.84. The van der Waals surface area contributed by atoms with Crippen LogP contribution in [0.3, 0.4) is 0 Å². The number of nitrogens with one attached hydrogen (secondary N) is 2. The number of hydrazine groups is 1. The normalized spacial score (nSPS) is 10.7. The van der Waals surface area contributed by atoms with Gasteiger partial charge in [0.1, 0.15) is 5.75 Å². The van der Waals surface area contributed by atoms with E-state index in [0.717, 1.165) is 9.98 Å². The molecule has 8 nitrogen and oxygen atoms in total. The zero-order valence-corrected chi connectivity index (χ0v) is 18.0. The average Bonchev–Trinajstić information content (AvgIpc) is 2.78. The van der Waals surface area contributed by atoms with Crippen LogP contribution in [-0.4, -0.2) is 20.1 Å². The monoisotopic (exact) mass is 457 g/mol. The van der Waals surface area contributed by atoms with E-state index in [-0.39, 0.29) is 17.0 Å². The summed E-state index contributed by atoms with van der Waals surface area (Å²) in [5, 5.41) is 2.18. The van der Waals surface area contributed by atoms with Crippen molar-refractivity contribution < 1.29 is 22.2 Å². The Hall–Kier alpha value is -3.50. The first-order valence-corrected chi connectivity index (χ1v) is 11.2. The van der Waals surface area contributed by atoms with Gasteiger partial charge in [0, 0.05) is 5.69 Å². The van der Waals surface area contributed by atoms with Crippen molar-refractivity contribution in [1.82, 2.24) is 5.43 Å². The molecule has 3 aromatic carbocycles. The SMILES string of the molecule is Cc1ccc(S(=O)(=O)N(NC=O)c2ccc(NC(=O)SOc3ccccc3)cc2)cc1. The van der Waals surface area contributed by atoms with Crippen LogP contribution in [0.2, 0.25) is 0 Å². The molecule has 160 valence electrons. The van der Waals surface area contributed by atoms with Crippen LogP contribution < -0.4 is 19.3 Å². The summed E-state index contributed by atoms with van der Waals surface area (Å²) in [4.78, 5) is 23.1. The zero-order chi connectivity index (χ0) is 22.3. The first kappa shape index (κ1) is 22.2. The van der Waals surface area contributed by atoms with Crippen LogP contribution in [0.4, 0.5) is 16.2 Å². The Morgan fingerprint density at radius 1 is 0.968 bits per heavy atom. The molecule has 10 heteroatoms. The summed E-state index contributed by atoms with van der Waals surface area (Å²) >= 11 is 0.631. The maximum atomic E-state index is 12.9. The van der Waals surface area contributed by atoms with E-state index in [1.165, 1.54) is 36.4 Å². The number of carbonyl (C=O) groups excluding carboxylic acids is 2. The van der Waals surface area contributed by atoms with Crippen LogP contribution in [0.25, 0.3) is 0 Å². The molecule has 2 amide bonds. The molecule has 0 aliphatic rings. The minimum absolute atomic E-state index is 0.0271. The lowest BCUT2D eigenvalue weighted by Gasteiger charge is -2.23.